The van der Waals surface area contributed by atoms with Gasteiger partial charge in [0.15, 0.2) is 0 Å². The standard InChI is InChI=1S/C9H14FNO4/c1-15-8(12)4-6-2-3-11(9(13)14)5-7(6)10/h6-7H,2-5H2,1H3,(H,13,14). The van der Waals surface area contributed by atoms with Crippen molar-refractivity contribution in [2.75, 3.05) is 20.2 Å². The number of nitrogens with zero attached hydrogens (tertiary/aromatic N) is 1. The molecule has 0 bridgehead atoms. The van der Waals surface area contributed by atoms with E-state index in [1.54, 1.807) is 0 Å². The largest absolute Gasteiger partial charge is 0.469 e. The first-order valence-corrected chi connectivity index (χ1v) is 4.73. The summed E-state index contributed by atoms with van der Waals surface area (Å²) in [6, 6.07) is 0. The molecule has 0 aromatic heterocycles. The molecule has 1 rings (SSSR count). The highest BCUT2D eigenvalue weighted by atomic mass is 19.1. The number of rotatable bonds is 2. The monoisotopic (exact) mass is 219 g/mol. The van der Waals surface area contributed by atoms with Crippen LogP contribution in [0.3, 0.4) is 0 Å². The highest BCUT2D eigenvalue weighted by Crippen LogP contribution is 2.24. The van der Waals surface area contributed by atoms with E-state index in [0.29, 0.717) is 6.42 Å². The van der Waals surface area contributed by atoms with Crippen LogP contribution in [0.4, 0.5) is 9.18 Å². The van der Waals surface area contributed by atoms with Gasteiger partial charge in [0.05, 0.1) is 20.1 Å². The van der Waals surface area contributed by atoms with Crippen molar-refractivity contribution in [1.82, 2.24) is 4.90 Å². The summed E-state index contributed by atoms with van der Waals surface area (Å²) < 4.78 is 17.9. The summed E-state index contributed by atoms with van der Waals surface area (Å²) in [5, 5.41) is 8.64. The number of carbonyl (C=O) groups excluding carboxylic acids is 1. The molecule has 0 aliphatic carbocycles. The van der Waals surface area contributed by atoms with Crippen molar-refractivity contribution in [2.45, 2.75) is 19.0 Å². The molecular weight excluding hydrogens is 205 g/mol. The molecule has 1 aliphatic rings. The van der Waals surface area contributed by atoms with Gasteiger partial charge in [-0.25, -0.2) is 9.18 Å². The van der Waals surface area contributed by atoms with Gasteiger partial charge in [0.25, 0.3) is 0 Å². The van der Waals surface area contributed by atoms with Gasteiger partial charge in [-0.15, -0.1) is 0 Å². The van der Waals surface area contributed by atoms with E-state index in [9.17, 15) is 14.0 Å². The van der Waals surface area contributed by atoms with Crippen molar-refractivity contribution in [3.8, 4) is 0 Å². The van der Waals surface area contributed by atoms with E-state index in [1.165, 1.54) is 7.11 Å². The Morgan fingerprint density at radius 3 is 2.73 bits per heavy atom. The van der Waals surface area contributed by atoms with Crippen LogP contribution in [0.2, 0.25) is 0 Å². The predicted molar refractivity (Wildman–Crippen MR) is 49.2 cm³/mol. The van der Waals surface area contributed by atoms with Crippen LogP contribution in [-0.4, -0.2) is 48.4 Å². The highest BCUT2D eigenvalue weighted by Gasteiger charge is 2.32. The number of piperidine rings is 1. The highest BCUT2D eigenvalue weighted by molar-refractivity contribution is 5.69. The first kappa shape index (κ1) is 11.7. The topological polar surface area (TPSA) is 66.8 Å². The van der Waals surface area contributed by atoms with Crippen LogP contribution in [0.25, 0.3) is 0 Å². The van der Waals surface area contributed by atoms with Gasteiger partial charge < -0.3 is 14.7 Å². The Labute approximate surface area is 86.8 Å². The summed E-state index contributed by atoms with van der Waals surface area (Å²) in [5.41, 5.74) is 0. The molecule has 2 atom stereocenters. The van der Waals surface area contributed by atoms with Crippen LogP contribution >= 0.6 is 0 Å². The molecule has 1 saturated heterocycles. The van der Waals surface area contributed by atoms with Crippen LogP contribution < -0.4 is 0 Å². The van der Waals surface area contributed by atoms with Crippen LogP contribution in [-0.2, 0) is 9.53 Å². The SMILES string of the molecule is COC(=O)CC1CCN(C(=O)O)CC1F. The normalized spacial score (nSPS) is 26.1. The minimum absolute atomic E-state index is 0.0190. The van der Waals surface area contributed by atoms with Gasteiger partial charge >= 0.3 is 12.1 Å². The fourth-order valence-electron chi connectivity index (χ4n) is 1.65. The van der Waals surface area contributed by atoms with Crippen molar-refractivity contribution in [1.29, 1.82) is 0 Å². The van der Waals surface area contributed by atoms with E-state index in [-0.39, 0.29) is 19.5 Å². The van der Waals surface area contributed by atoms with Crippen LogP contribution in [0.15, 0.2) is 0 Å². The molecule has 2 unspecified atom stereocenters. The summed E-state index contributed by atoms with van der Waals surface area (Å²) in [7, 11) is 1.25. The molecule has 5 nitrogen and oxygen atoms in total. The van der Waals surface area contributed by atoms with Crippen molar-refractivity contribution in [2.24, 2.45) is 5.92 Å². The van der Waals surface area contributed by atoms with Gasteiger partial charge in [0.2, 0.25) is 0 Å². The maximum absolute atomic E-state index is 13.4. The first-order valence-electron chi connectivity index (χ1n) is 4.73. The number of ether oxygens (including phenoxy) is 1. The molecule has 1 heterocycles. The zero-order chi connectivity index (χ0) is 11.4. The van der Waals surface area contributed by atoms with Gasteiger partial charge in [-0.05, 0) is 6.42 Å². The lowest BCUT2D eigenvalue weighted by atomic mass is 9.92. The summed E-state index contributed by atoms with van der Waals surface area (Å²) in [6.07, 6.45) is -2.02. The Morgan fingerprint density at radius 2 is 2.27 bits per heavy atom. The van der Waals surface area contributed by atoms with Crippen LogP contribution in [0.1, 0.15) is 12.8 Å². The first-order chi connectivity index (χ1) is 7.04. The summed E-state index contributed by atoms with van der Waals surface area (Å²) >= 11 is 0. The molecule has 0 saturated carbocycles. The molecule has 1 aliphatic heterocycles. The Morgan fingerprint density at radius 1 is 1.60 bits per heavy atom. The second-order valence-corrected chi connectivity index (χ2v) is 3.57. The van der Waals surface area contributed by atoms with E-state index in [1.807, 2.05) is 0 Å². The number of hydrogen-bond acceptors (Lipinski definition) is 3. The smallest absolute Gasteiger partial charge is 0.407 e. The second-order valence-electron chi connectivity index (χ2n) is 3.57. The molecule has 86 valence electrons. The number of likely N-dealkylation sites (tertiary alicyclic amines) is 1. The van der Waals surface area contributed by atoms with E-state index in [4.69, 9.17) is 5.11 Å². The molecule has 0 aromatic rings. The zero-order valence-electron chi connectivity index (χ0n) is 8.48. The summed E-state index contributed by atoms with van der Waals surface area (Å²) in [4.78, 5) is 22.5. The van der Waals surface area contributed by atoms with E-state index in [2.05, 4.69) is 4.74 Å². The zero-order valence-corrected chi connectivity index (χ0v) is 8.48. The number of amides is 1. The number of esters is 1. The summed E-state index contributed by atoms with van der Waals surface area (Å²) in [5.74, 6) is -0.875. The van der Waals surface area contributed by atoms with Gasteiger partial charge in [-0.3, -0.25) is 4.79 Å². The van der Waals surface area contributed by atoms with Crippen molar-refractivity contribution in [3.63, 3.8) is 0 Å². The van der Waals surface area contributed by atoms with Crippen LogP contribution in [0.5, 0.6) is 0 Å². The summed E-state index contributed by atoms with van der Waals surface area (Å²) in [6.45, 7) is 0.119. The Kier molecular flexibility index (Phi) is 3.88. The van der Waals surface area contributed by atoms with Crippen LogP contribution in [0, 0.1) is 5.92 Å². The molecule has 1 fully saturated rings. The average molecular weight is 219 g/mol. The average Bonchev–Trinajstić information content (AvgIpc) is 2.20. The van der Waals surface area contributed by atoms with E-state index in [0.717, 1.165) is 4.90 Å². The van der Waals surface area contributed by atoms with Crippen molar-refractivity contribution < 1.29 is 23.8 Å². The van der Waals surface area contributed by atoms with Crippen molar-refractivity contribution in [3.05, 3.63) is 0 Å². The van der Waals surface area contributed by atoms with Crippen molar-refractivity contribution >= 4 is 12.1 Å². The number of methoxy groups -OCH3 is 1. The molecule has 1 N–H and O–H groups in total. The van der Waals surface area contributed by atoms with E-state index < -0.39 is 24.2 Å². The lowest BCUT2D eigenvalue weighted by molar-refractivity contribution is -0.142. The molecule has 6 heteroatoms. The minimum atomic E-state index is -1.28. The quantitative estimate of drug-likeness (QED) is 0.700. The Bertz CT molecular complexity index is 258. The molecule has 15 heavy (non-hydrogen) atoms. The number of hydrogen-bond donors (Lipinski definition) is 1. The molecule has 0 spiro atoms. The lowest BCUT2D eigenvalue weighted by Crippen LogP contribution is -2.44. The van der Waals surface area contributed by atoms with Gasteiger partial charge in [-0.2, -0.15) is 0 Å². The predicted octanol–water partition coefficient (Wildman–Crippen LogP) is 0.887. The Hall–Kier alpha value is -1.33. The molecule has 1 amide bonds. The lowest BCUT2D eigenvalue weighted by Gasteiger charge is -2.32. The van der Waals surface area contributed by atoms with Gasteiger partial charge in [0.1, 0.15) is 6.17 Å². The van der Waals surface area contributed by atoms with Gasteiger partial charge in [0, 0.05) is 12.5 Å². The third-order valence-electron chi connectivity index (χ3n) is 2.60. The van der Waals surface area contributed by atoms with Gasteiger partial charge in [-0.1, -0.05) is 0 Å². The molecular formula is C9H14FNO4. The minimum Gasteiger partial charge on any atom is -0.469 e. The fourth-order valence-corrected chi connectivity index (χ4v) is 1.65. The Balaban J connectivity index is 2.45. The third kappa shape index (κ3) is 3.07. The molecule has 0 aromatic carbocycles. The number of carboxylic acid groups (broad SMARTS) is 1. The third-order valence-corrected chi connectivity index (χ3v) is 2.60. The second kappa shape index (κ2) is 4.95. The maximum atomic E-state index is 13.4. The van der Waals surface area contributed by atoms with E-state index >= 15 is 0 Å². The number of carbonyl (C=O) groups is 2. The number of alkyl halides is 1. The maximum Gasteiger partial charge on any atom is 0.407 e. The fraction of sp³-hybridized carbons (Fsp3) is 0.778. The molecule has 0 radical (unpaired) electrons. The number of halogens is 1.